The summed E-state index contributed by atoms with van der Waals surface area (Å²) in [5.41, 5.74) is 0. The largest absolute Gasteiger partial charge is 0.394 e. The minimum atomic E-state index is -2.28. The van der Waals surface area contributed by atoms with Crippen LogP contribution in [-0.2, 0) is 61.7 Å². The van der Waals surface area contributed by atoms with E-state index in [0.717, 1.165) is 13.8 Å². The van der Waals surface area contributed by atoms with Crippen LogP contribution in [0.25, 0.3) is 0 Å². The molecular formula is C40H68N2O30. The second kappa shape index (κ2) is 25.3. The Hall–Kier alpha value is -2.18. The minimum Gasteiger partial charge on any atom is -0.394 e. The molecule has 0 saturated carbocycles. The van der Waals surface area contributed by atoms with Crippen LogP contribution in [0.3, 0.4) is 0 Å². The number of hydrogen-bond donors (Lipinski definition) is 19. The Morgan fingerprint density at radius 2 is 0.833 bits per heavy atom. The summed E-state index contributed by atoms with van der Waals surface area (Å²) in [5, 5.41) is 186. The van der Waals surface area contributed by atoms with Crippen LogP contribution >= 0.6 is 0 Å². The summed E-state index contributed by atoms with van der Waals surface area (Å²) >= 11 is 0. The van der Waals surface area contributed by atoms with Crippen LogP contribution in [0.4, 0.5) is 0 Å². The molecule has 0 radical (unpaired) electrons. The van der Waals surface area contributed by atoms with Gasteiger partial charge in [0.1, 0.15) is 140 Å². The molecule has 32 heteroatoms. The lowest BCUT2D eigenvalue weighted by atomic mass is 9.93. The van der Waals surface area contributed by atoms with Crippen molar-refractivity contribution in [3.8, 4) is 0 Å². The van der Waals surface area contributed by atoms with Crippen LogP contribution < -0.4 is 10.6 Å². The van der Waals surface area contributed by atoms with Gasteiger partial charge in [-0.3, -0.25) is 9.59 Å². The molecule has 6 rings (SSSR count). The number of aliphatic hydroxyl groups excluding tert-OH is 17. The summed E-state index contributed by atoms with van der Waals surface area (Å²) < 4.78 is 64.0. The van der Waals surface area contributed by atoms with Crippen molar-refractivity contribution in [2.75, 3.05) is 33.0 Å². The van der Waals surface area contributed by atoms with Crippen LogP contribution in [0.2, 0.25) is 0 Å². The van der Waals surface area contributed by atoms with Crippen LogP contribution in [0, 0.1) is 0 Å². The molecule has 6 aliphatic heterocycles. The Morgan fingerprint density at radius 3 is 1.42 bits per heavy atom. The third kappa shape index (κ3) is 12.6. The Balaban J connectivity index is 1.37. The highest BCUT2D eigenvalue weighted by Gasteiger charge is 2.58. The third-order valence-electron chi connectivity index (χ3n) is 13.2. The molecule has 0 unspecified atom stereocenters. The number of carbonyl (C=O) groups excluding carboxylic acids is 2. The Labute approximate surface area is 408 Å². The van der Waals surface area contributed by atoms with Crippen molar-refractivity contribution in [1.82, 2.24) is 10.6 Å². The van der Waals surface area contributed by atoms with Crippen molar-refractivity contribution in [3.05, 3.63) is 0 Å². The molecule has 0 aromatic heterocycles. The van der Waals surface area contributed by atoms with E-state index in [4.69, 9.17) is 52.1 Å². The SMILES string of the molecule is CC(=O)N[C@H]1[C@H](OC[C@H]2O[C@@H](O[C@H]3[C@H](O)[C@@H](O)[C@H](O)O[C@@H]3CO)[C@H](O)[C@@H](O[C@@H]3O[C@H](CO)[C@@H](O[C@@H]4O[C@H](CO)[C@H](O)[C@H](O)[C@H]4O)[C@H](O[C@@H]4O[C@@H](C)[C@@H](O)[C@@H](O)[C@@H]4O)[C@H]3NC(C)=O)[C@H]2O)O[C@H](CO)[C@@H](O)[C@@H]1O. The van der Waals surface area contributed by atoms with Gasteiger partial charge < -0.3 is 150 Å². The molecule has 0 aliphatic carbocycles. The lowest BCUT2D eigenvalue weighted by Crippen LogP contribution is -2.71. The van der Waals surface area contributed by atoms with Crippen molar-refractivity contribution < 1.29 is 149 Å². The Morgan fingerprint density at radius 1 is 0.389 bits per heavy atom. The molecule has 0 bridgehead atoms. The highest BCUT2D eigenvalue weighted by molar-refractivity contribution is 5.73. The fourth-order valence-corrected chi connectivity index (χ4v) is 9.16. The zero-order valence-corrected chi connectivity index (χ0v) is 38.8. The lowest BCUT2D eigenvalue weighted by Gasteiger charge is -2.52. The second-order valence-corrected chi connectivity index (χ2v) is 18.3. The summed E-state index contributed by atoms with van der Waals surface area (Å²) in [4.78, 5) is 25.2. The normalized spacial score (nSPS) is 50.3. The number of ether oxygens (including phenoxy) is 11. The molecule has 6 fully saturated rings. The summed E-state index contributed by atoms with van der Waals surface area (Å²) in [5.74, 6) is -1.63. The third-order valence-corrected chi connectivity index (χ3v) is 13.2. The van der Waals surface area contributed by atoms with Gasteiger partial charge in [0.15, 0.2) is 37.7 Å². The van der Waals surface area contributed by atoms with Crippen LogP contribution in [-0.4, -0.2) is 316 Å². The quantitative estimate of drug-likeness (QED) is 0.0643. The van der Waals surface area contributed by atoms with Gasteiger partial charge in [-0.1, -0.05) is 0 Å². The van der Waals surface area contributed by atoms with Crippen LogP contribution in [0.1, 0.15) is 20.8 Å². The van der Waals surface area contributed by atoms with Crippen molar-refractivity contribution in [2.45, 2.75) is 205 Å². The lowest BCUT2D eigenvalue weighted by molar-refractivity contribution is -0.392. The maximum absolute atomic E-state index is 13.1. The summed E-state index contributed by atoms with van der Waals surface area (Å²) in [7, 11) is 0. The van der Waals surface area contributed by atoms with E-state index < -0.39 is 229 Å². The standard InChI is InChI=1S/C40H68N2O30/c1-9-19(49)24(54)28(58)38(63-9)71-33-18(42-11(3)48)37(67-15(7-46)32(33)70-39-29(59)25(55)21(51)13(5-44)66-39)72-34-22(52)16(8-62-36-17(41-10(2)47)23(53)20(50)12(4-43)65-36)68-40(30(34)60)69-31-14(6-45)64-35(61)27(57)26(31)56/h9,12-40,43-46,49-61H,4-8H2,1-3H3,(H,41,47)(H,42,48)/t9-,12+,13+,14+,15+,16+,17+,18+,19+,20+,21-,22-,23+,24+,25-,26+,27+,28-,29+,30+,31+,32+,33+,34-,35+,36+,37-,38-,39-,40-/m0/s1. The zero-order chi connectivity index (χ0) is 53.2. The topological polar surface area (TPSA) is 504 Å². The molecule has 0 spiro atoms. The fourth-order valence-electron chi connectivity index (χ4n) is 9.16. The number of hydrogen-bond acceptors (Lipinski definition) is 30. The van der Waals surface area contributed by atoms with Gasteiger partial charge in [-0.2, -0.15) is 0 Å². The van der Waals surface area contributed by atoms with E-state index in [9.17, 15) is 96.4 Å². The van der Waals surface area contributed by atoms with Crippen molar-refractivity contribution in [2.24, 2.45) is 0 Å². The first-order valence-electron chi connectivity index (χ1n) is 23.0. The molecule has 19 N–H and O–H groups in total. The van der Waals surface area contributed by atoms with Gasteiger partial charge in [-0.25, -0.2) is 0 Å². The first-order valence-corrected chi connectivity index (χ1v) is 23.0. The highest BCUT2D eigenvalue weighted by Crippen LogP contribution is 2.37. The van der Waals surface area contributed by atoms with Gasteiger partial charge in [0.05, 0.1) is 39.1 Å². The average molecular weight is 1060 g/mol. The predicted molar refractivity (Wildman–Crippen MR) is 221 cm³/mol. The van der Waals surface area contributed by atoms with Crippen molar-refractivity contribution in [3.63, 3.8) is 0 Å². The van der Waals surface area contributed by atoms with Crippen molar-refractivity contribution >= 4 is 11.8 Å². The molecule has 418 valence electrons. The Bertz CT molecular complexity index is 1730. The van der Waals surface area contributed by atoms with Gasteiger partial charge in [0.25, 0.3) is 0 Å². The van der Waals surface area contributed by atoms with Gasteiger partial charge in [0, 0.05) is 13.8 Å². The maximum Gasteiger partial charge on any atom is 0.217 e. The molecule has 32 nitrogen and oxygen atoms in total. The second-order valence-electron chi connectivity index (χ2n) is 18.3. The van der Waals surface area contributed by atoms with Gasteiger partial charge >= 0.3 is 0 Å². The zero-order valence-electron chi connectivity index (χ0n) is 38.8. The summed E-state index contributed by atoms with van der Waals surface area (Å²) in [6.45, 7) is -1.37. The van der Waals surface area contributed by atoms with E-state index in [1.54, 1.807) is 0 Å². The molecule has 0 aromatic carbocycles. The van der Waals surface area contributed by atoms with Gasteiger partial charge in [-0.05, 0) is 6.92 Å². The summed E-state index contributed by atoms with van der Waals surface area (Å²) in [6, 6.07) is -3.38. The van der Waals surface area contributed by atoms with E-state index >= 15 is 0 Å². The van der Waals surface area contributed by atoms with E-state index in [-0.39, 0.29) is 0 Å². The highest BCUT2D eigenvalue weighted by atomic mass is 16.8. The molecular weight excluding hydrogens is 988 g/mol. The maximum atomic E-state index is 13.1. The fraction of sp³-hybridized carbons (Fsp3) is 0.950. The molecule has 30 atom stereocenters. The predicted octanol–water partition coefficient (Wildman–Crippen LogP) is -12.8. The van der Waals surface area contributed by atoms with E-state index in [1.165, 1.54) is 6.92 Å². The number of aliphatic hydroxyl groups is 17. The van der Waals surface area contributed by atoms with Crippen LogP contribution in [0.15, 0.2) is 0 Å². The minimum absolute atomic E-state index is 0.734. The number of nitrogens with one attached hydrogen (secondary N) is 2. The van der Waals surface area contributed by atoms with E-state index in [0.29, 0.717) is 0 Å². The van der Waals surface area contributed by atoms with E-state index in [1.807, 2.05) is 0 Å². The molecule has 6 aliphatic rings. The van der Waals surface area contributed by atoms with Crippen molar-refractivity contribution in [1.29, 1.82) is 0 Å². The summed E-state index contributed by atoms with van der Waals surface area (Å²) in [6.07, 6.45) is -53.0. The van der Waals surface area contributed by atoms with E-state index in [2.05, 4.69) is 10.6 Å². The monoisotopic (exact) mass is 1060 g/mol. The number of rotatable bonds is 17. The first kappa shape index (κ1) is 59.1. The molecule has 6 saturated heterocycles. The molecule has 6 heterocycles. The molecule has 72 heavy (non-hydrogen) atoms. The first-order chi connectivity index (χ1) is 34.0. The van der Waals surface area contributed by atoms with Crippen LogP contribution in [0.5, 0.6) is 0 Å². The molecule has 2 amide bonds. The molecule has 0 aromatic rings. The Kier molecular flexibility index (Phi) is 20.8. The smallest absolute Gasteiger partial charge is 0.217 e. The number of carbonyl (C=O) groups is 2. The van der Waals surface area contributed by atoms with Gasteiger partial charge in [-0.15, -0.1) is 0 Å². The number of amides is 2. The van der Waals surface area contributed by atoms with Gasteiger partial charge in [0.2, 0.25) is 11.8 Å². The average Bonchev–Trinajstić information content (AvgIpc) is 3.34.